The van der Waals surface area contributed by atoms with E-state index in [1.165, 1.54) is 4.90 Å². The molecule has 1 aromatic carbocycles. The Labute approximate surface area is 215 Å². The van der Waals surface area contributed by atoms with Crippen molar-refractivity contribution in [3.63, 3.8) is 0 Å². The largest absolute Gasteiger partial charge is 0.444 e. The zero-order valence-corrected chi connectivity index (χ0v) is 23.2. The number of hydrogen-bond acceptors (Lipinski definition) is 5. The van der Waals surface area contributed by atoms with E-state index < -0.39 is 47.2 Å². The lowest BCUT2D eigenvalue weighted by atomic mass is 9.97. The average Bonchev–Trinajstić information content (AvgIpc) is 2.71. The Hall–Kier alpha value is -3.10. The van der Waals surface area contributed by atoms with E-state index in [0.29, 0.717) is 5.56 Å². The number of nitrogens with two attached hydrogens (primary N) is 1. The first kappa shape index (κ1) is 30.9. The molecule has 9 heteroatoms. The zero-order valence-electron chi connectivity index (χ0n) is 23.2. The molecule has 0 saturated heterocycles. The number of alkyl carbamates (subject to hydrolysis) is 1. The SMILES string of the molecule is CCc1ccc(C(C(=O)NC(C)(C)C)N(C(=O)C(CCC(N)=O)NC(=O)OC(C)(C)C)C(C)C)cc1. The first-order valence-corrected chi connectivity index (χ1v) is 12.5. The lowest BCUT2D eigenvalue weighted by Gasteiger charge is -2.38. The molecule has 4 N–H and O–H groups in total. The van der Waals surface area contributed by atoms with Crippen LogP contribution in [0.3, 0.4) is 0 Å². The van der Waals surface area contributed by atoms with E-state index in [1.54, 1.807) is 34.6 Å². The molecule has 0 radical (unpaired) electrons. The highest BCUT2D eigenvalue weighted by molar-refractivity contribution is 5.93. The van der Waals surface area contributed by atoms with Crippen molar-refractivity contribution in [1.29, 1.82) is 0 Å². The molecule has 0 aliphatic carbocycles. The minimum Gasteiger partial charge on any atom is -0.444 e. The van der Waals surface area contributed by atoms with Gasteiger partial charge in [0, 0.05) is 18.0 Å². The van der Waals surface area contributed by atoms with Gasteiger partial charge in [-0.25, -0.2) is 4.79 Å². The van der Waals surface area contributed by atoms with E-state index in [1.807, 2.05) is 52.0 Å². The molecule has 1 aromatic rings. The van der Waals surface area contributed by atoms with Crippen LogP contribution in [0.25, 0.3) is 0 Å². The Morgan fingerprint density at radius 3 is 1.97 bits per heavy atom. The standard InChI is InChI=1S/C27H44N4O5/c1-10-18-11-13-19(14-12-18)22(23(33)30-26(4,5)6)31(17(2)3)24(34)20(15-16-21(28)32)29-25(35)36-27(7,8)9/h11-14,17,20,22H,10,15-16H2,1-9H3,(H2,28,32)(H,29,35)(H,30,33). The quantitative estimate of drug-likeness (QED) is 0.448. The molecule has 4 amide bonds. The fourth-order valence-electron chi connectivity index (χ4n) is 3.67. The van der Waals surface area contributed by atoms with Gasteiger partial charge in [0.2, 0.25) is 17.7 Å². The number of rotatable bonds is 10. The minimum absolute atomic E-state index is 0.0288. The highest BCUT2D eigenvalue weighted by atomic mass is 16.6. The topological polar surface area (TPSA) is 131 Å². The van der Waals surface area contributed by atoms with Crippen LogP contribution in [0.1, 0.15) is 92.3 Å². The Bertz CT molecular complexity index is 914. The highest BCUT2D eigenvalue weighted by Gasteiger charge is 2.38. The van der Waals surface area contributed by atoms with Gasteiger partial charge < -0.3 is 26.0 Å². The van der Waals surface area contributed by atoms with Gasteiger partial charge in [0.25, 0.3) is 0 Å². The number of benzene rings is 1. The monoisotopic (exact) mass is 504 g/mol. The number of primary amides is 1. The molecule has 0 saturated carbocycles. The Morgan fingerprint density at radius 1 is 1.00 bits per heavy atom. The number of carbonyl (C=O) groups excluding carboxylic acids is 4. The van der Waals surface area contributed by atoms with E-state index in [4.69, 9.17) is 10.5 Å². The second-order valence-corrected chi connectivity index (χ2v) is 11.3. The summed E-state index contributed by atoms with van der Waals surface area (Å²) in [5.74, 6) is -1.46. The fourth-order valence-corrected chi connectivity index (χ4v) is 3.67. The average molecular weight is 505 g/mol. The molecule has 9 nitrogen and oxygen atoms in total. The molecule has 2 unspecified atom stereocenters. The van der Waals surface area contributed by atoms with Crippen molar-refractivity contribution in [2.24, 2.45) is 5.73 Å². The van der Waals surface area contributed by atoms with Crippen LogP contribution >= 0.6 is 0 Å². The number of ether oxygens (including phenoxy) is 1. The van der Waals surface area contributed by atoms with Crippen LogP contribution in [0.2, 0.25) is 0 Å². The van der Waals surface area contributed by atoms with Gasteiger partial charge in [-0.05, 0) is 79.4 Å². The van der Waals surface area contributed by atoms with Gasteiger partial charge in [-0.2, -0.15) is 0 Å². The molecule has 202 valence electrons. The number of nitrogens with one attached hydrogen (secondary N) is 2. The van der Waals surface area contributed by atoms with E-state index in [-0.39, 0.29) is 18.7 Å². The van der Waals surface area contributed by atoms with Crippen molar-refractivity contribution in [1.82, 2.24) is 15.5 Å². The predicted octanol–water partition coefficient (Wildman–Crippen LogP) is 3.60. The van der Waals surface area contributed by atoms with Gasteiger partial charge in [0.1, 0.15) is 17.7 Å². The molecule has 0 aromatic heterocycles. The summed E-state index contributed by atoms with van der Waals surface area (Å²) in [5.41, 5.74) is 5.75. The van der Waals surface area contributed by atoms with Gasteiger partial charge in [-0.15, -0.1) is 0 Å². The van der Waals surface area contributed by atoms with E-state index in [0.717, 1.165) is 12.0 Å². The lowest BCUT2D eigenvalue weighted by Crippen LogP contribution is -2.56. The van der Waals surface area contributed by atoms with Crippen molar-refractivity contribution < 1.29 is 23.9 Å². The highest BCUT2D eigenvalue weighted by Crippen LogP contribution is 2.27. The molecule has 1 rings (SSSR count). The van der Waals surface area contributed by atoms with Crippen LogP contribution in [-0.2, 0) is 25.5 Å². The summed E-state index contributed by atoms with van der Waals surface area (Å²) >= 11 is 0. The van der Waals surface area contributed by atoms with Gasteiger partial charge >= 0.3 is 6.09 Å². The molecule has 0 aliphatic heterocycles. The van der Waals surface area contributed by atoms with Gasteiger partial charge in [0.15, 0.2) is 0 Å². The maximum absolute atomic E-state index is 13.9. The van der Waals surface area contributed by atoms with Gasteiger partial charge in [0.05, 0.1) is 0 Å². The molecule has 2 atom stereocenters. The van der Waals surface area contributed by atoms with Crippen LogP contribution in [0.4, 0.5) is 4.79 Å². The van der Waals surface area contributed by atoms with Crippen LogP contribution in [-0.4, -0.2) is 51.9 Å². The number of carbonyl (C=O) groups is 4. The normalized spacial score (nSPS) is 13.5. The third kappa shape index (κ3) is 10.3. The molecule has 36 heavy (non-hydrogen) atoms. The molecule has 0 spiro atoms. The van der Waals surface area contributed by atoms with E-state index in [9.17, 15) is 19.2 Å². The van der Waals surface area contributed by atoms with Crippen LogP contribution in [0.5, 0.6) is 0 Å². The summed E-state index contributed by atoms with van der Waals surface area (Å²) < 4.78 is 5.33. The number of aryl methyl sites for hydroxylation is 1. The molecule has 0 bridgehead atoms. The molecule has 0 heterocycles. The Balaban J connectivity index is 3.51. The summed E-state index contributed by atoms with van der Waals surface area (Å²) in [7, 11) is 0. The predicted molar refractivity (Wildman–Crippen MR) is 140 cm³/mol. The molecule has 0 aliphatic rings. The summed E-state index contributed by atoms with van der Waals surface area (Å²) in [4.78, 5) is 53.0. The lowest BCUT2D eigenvalue weighted by molar-refractivity contribution is -0.145. The number of nitrogens with zero attached hydrogens (tertiary/aromatic N) is 1. The zero-order chi connectivity index (χ0) is 27.8. The third-order valence-electron chi connectivity index (χ3n) is 5.21. The first-order chi connectivity index (χ1) is 16.4. The second-order valence-electron chi connectivity index (χ2n) is 11.3. The summed E-state index contributed by atoms with van der Waals surface area (Å²) in [6, 6.07) is 5.06. The molecular formula is C27H44N4O5. The smallest absolute Gasteiger partial charge is 0.408 e. The van der Waals surface area contributed by atoms with Crippen LogP contribution in [0.15, 0.2) is 24.3 Å². The van der Waals surface area contributed by atoms with Crippen molar-refractivity contribution in [3.8, 4) is 0 Å². The van der Waals surface area contributed by atoms with E-state index >= 15 is 0 Å². The van der Waals surface area contributed by atoms with Crippen molar-refractivity contribution in [3.05, 3.63) is 35.4 Å². The van der Waals surface area contributed by atoms with Crippen molar-refractivity contribution in [2.45, 2.75) is 111 Å². The molecular weight excluding hydrogens is 460 g/mol. The number of hydrogen-bond donors (Lipinski definition) is 3. The van der Waals surface area contributed by atoms with Crippen LogP contribution in [0, 0.1) is 0 Å². The van der Waals surface area contributed by atoms with Gasteiger partial charge in [-0.1, -0.05) is 31.2 Å². The van der Waals surface area contributed by atoms with Crippen molar-refractivity contribution in [2.75, 3.05) is 0 Å². The fraction of sp³-hybridized carbons (Fsp3) is 0.630. The maximum Gasteiger partial charge on any atom is 0.408 e. The molecule has 0 fully saturated rings. The third-order valence-corrected chi connectivity index (χ3v) is 5.21. The van der Waals surface area contributed by atoms with Gasteiger partial charge in [-0.3, -0.25) is 14.4 Å². The minimum atomic E-state index is -1.12. The summed E-state index contributed by atoms with van der Waals surface area (Å²) in [6.07, 6.45) is -0.112. The number of amides is 4. The van der Waals surface area contributed by atoms with Crippen LogP contribution < -0.4 is 16.4 Å². The first-order valence-electron chi connectivity index (χ1n) is 12.5. The summed E-state index contributed by atoms with van der Waals surface area (Å²) in [5, 5.41) is 5.56. The second kappa shape index (κ2) is 12.7. The maximum atomic E-state index is 13.9. The van der Waals surface area contributed by atoms with Crippen molar-refractivity contribution >= 4 is 23.8 Å². The summed E-state index contributed by atoms with van der Waals surface area (Å²) in [6.45, 7) is 16.4. The Morgan fingerprint density at radius 2 is 1.56 bits per heavy atom. The van der Waals surface area contributed by atoms with E-state index in [2.05, 4.69) is 10.6 Å². The Kier molecular flexibility index (Phi) is 10.9.